The molecule has 0 saturated heterocycles. The molecule has 3 unspecified atom stereocenters. The predicted molar refractivity (Wildman–Crippen MR) is 124 cm³/mol. The molecule has 0 heterocycles. The maximum absolute atomic E-state index is 6.53. The molecule has 0 radical (unpaired) electrons. The number of hydrogen-bond acceptors (Lipinski definition) is 3. The Balaban J connectivity index is 1.88. The fourth-order valence-corrected chi connectivity index (χ4v) is 5.69. The summed E-state index contributed by atoms with van der Waals surface area (Å²) in [6.45, 7) is 10.1. The second-order valence-corrected chi connectivity index (χ2v) is 9.64. The number of hydrogen-bond donors (Lipinski definition) is 0. The van der Waals surface area contributed by atoms with Gasteiger partial charge < -0.3 is 13.3 Å². The van der Waals surface area contributed by atoms with E-state index in [9.17, 15) is 0 Å². The maximum Gasteiger partial charge on any atom is 0.530 e. The van der Waals surface area contributed by atoms with Gasteiger partial charge in [0.15, 0.2) is 0 Å². The molecular formula is C26H30O3Si. The van der Waals surface area contributed by atoms with Gasteiger partial charge in [-0.1, -0.05) is 97.6 Å². The van der Waals surface area contributed by atoms with Crippen LogP contribution in [0.25, 0.3) is 0 Å². The fourth-order valence-electron chi connectivity index (χ4n) is 3.34. The topological polar surface area (TPSA) is 27.7 Å². The summed E-state index contributed by atoms with van der Waals surface area (Å²) in [5, 5.41) is 0. The van der Waals surface area contributed by atoms with Gasteiger partial charge in [0, 0.05) is 0 Å². The monoisotopic (exact) mass is 418 g/mol. The molecule has 0 spiro atoms. The van der Waals surface area contributed by atoms with Crippen LogP contribution in [0.3, 0.4) is 0 Å². The first kappa shape index (κ1) is 22.2. The van der Waals surface area contributed by atoms with Gasteiger partial charge in [0.05, 0.1) is 18.3 Å². The molecule has 0 fully saturated rings. The zero-order chi connectivity index (χ0) is 21.4. The molecule has 0 aliphatic carbocycles. The smallest absolute Gasteiger partial charge is 0.363 e. The van der Waals surface area contributed by atoms with Gasteiger partial charge in [-0.15, -0.1) is 0 Å². The first-order chi connectivity index (χ1) is 14.5. The molecule has 156 valence electrons. The molecule has 3 rings (SSSR count). The quantitative estimate of drug-likeness (QED) is 0.332. The van der Waals surface area contributed by atoms with Crippen molar-refractivity contribution in [2.45, 2.75) is 39.1 Å². The molecule has 3 aromatic rings. The minimum Gasteiger partial charge on any atom is -0.363 e. The molecule has 0 aromatic heterocycles. The lowest BCUT2D eigenvalue weighted by Crippen LogP contribution is -2.46. The third-order valence-corrected chi connectivity index (χ3v) is 7.63. The molecule has 0 amide bonds. The van der Waals surface area contributed by atoms with Gasteiger partial charge in [0.25, 0.3) is 0 Å². The molecule has 0 aliphatic heterocycles. The van der Waals surface area contributed by atoms with Crippen molar-refractivity contribution in [3.05, 3.63) is 120 Å². The highest BCUT2D eigenvalue weighted by Gasteiger charge is 2.43. The van der Waals surface area contributed by atoms with Crippen molar-refractivity contribution in [3.8, 4) is 0 Å². The van der Waals surface area contributed by atoms with Crippen LogP contribution in [0.5, 0.6) is 0 Å². The summed E-state index contributed by atoms with van der Waals surface area (Å²) in [6, 6.07) is 30.3. The van der Waals surface area contributed by atoms with Crippen LogP contribution >= 0.6 is 0 Å². The summed E-state index contributed by atoms with van der Waals surface area (Å²) in [5.41, 5.74) is 4.96. The van der Waals surface area contributed by atoms with Crippen molar-refractivity contribution in [1.82, 2.24) is 0 Å². The van der Waals surface area contributed by atoms with Crippen molar-refractivity contribution in [2.75, 3.05) is 0 Å². The van der Waals surface area contributed by atoms with E-state index in [1.807, 2.05) is 112 Å². The standard InChI is InChI=1S/C26H30O3Si/c1-5-30(27-21(2)24-15-9-6-10-16-24,28-22(3)25-17-11-7-12-18-25)29-23(4)26-19-13-8-14-20-26/h5-23H,1H2,2-4H3. The first-order valence-corrected chi connectivity index (χ1v) is 12.1. The van der Waals surface area contributed by atoms with Crippen molar-refractivity contribution in [3.63, 3.8) is 0 Å². The zero-order valence-electron chi connectivity index (χ0n) is 17.9. The Kier molecular flexibility index (Phi) is 7.77. The number of rotatable bonds is 10. The lowest BCUT2D eigenvalue weighted by Gasteiger charge is -2.34. The van der Waals surface area contributed by atoms with E-state index in [0.717, 1.165) is 16.7 Å². The average Bonchev–Trinajstić information content (AvgIpc) is 2.80. The van der Waals surface area contributed by atoms with E-state index in [0.29, 0.717) is 0 Å². The van der Waals surface area contributed by atoms with Crippen LogP contribution in [0.4, 0.5) is 0 Å². The minimum absolute atomic E-state index is 0.193. The SMILES string of the molecule is C=C[Si](OC(C)c1ccccc1)(OC(C)c1ccccc1)OC(C)c1ccccc1. The Morgan fingerprint density at radius 1 is 0.567 bits per heavy atom. The minimum atomic E-state index is -3.24. The van der Waals surface area contributed by atoms with E-state index >= 15 is 0 Å². The molecule has 3 atom stereocenters. The molecule has 3 aromatic carbocycles. The molecule has 4 heteroatoms. The molecule has 0 N–H and O–H groups in total. The third kappa shape index (κ3) is 5.77. The van der Waals surface area contributed by atoms with E-state index in [1.165, 1.54) is 0 Å². The van der Waals surface area contributed by atoms with Gasteiger partial charge in [0.2, 0.25) is 0 Å². The number of benzene rings is 3. The lowest BCUT2D eigenvalue weighted by atomic mass is 10.1. The second-order valence-electron chi connectivity index (χ2n) is 7.32. The Hall–Kier alpha value is -2.50. The third-order valence-electron chi connectivity index (χ3n) is 5.08. The van der Waals surface area contributed by atoms with Gasteiger partial charge in [-0.2, -0.15) is 0 Å². The molecule has 0 bridgehead atoms. The van der Waals surface area contributed by atoms with Crippen LogP contribution in [-0.2, 0) is 13.3 Å². The van der Waals surface area contributed by atoms with Crippen molar-refractivity contribution >= 4 is 8.80 Å². The van der Waals surface area contributed by atoms with Crippen LogP contribution in [0.2, 0.25) is 0 Å². The Morgan fingerprint density at radius 3 is 1.07 bits per heavy atom. The van der Waals surface area contributed by atoms with Crippen LogP contribution < -0.4 is 0 Å². The van der Waals surface area contributed by atoms with Crippen molar-refractivity contribution in [2.24, 2.45) is 0 Å². The summed E-state index contributed by atoms with van der Waals surface area (Å²) in [6.07, 6.45) is -0.578. The zero-order valence-corrected chi connectivity index (χ0v) is 18.9. The van der Waals surface area contributed by atoms with Crippen LogP contribution in [0.1, 0.15) is 55.8 Å². The highest BCUT2D eigenvalue weighted by atomic mass is 28.4. The summed E-state index contributed by atoms with van der Waals surface area (Å²) < 4.78 is 19.6. The lowest BCUT2D eigenvalue weighted by molar-refractivity contribution is -0.000332. The Labute approximate surface area is 181 Å². The highest BCUT2D eigenvalue weighted by molar-refractivity contribution is 6.66. The molecule has 0 saturated carbocycles. The van der Waals surface area contributed by atoms with E-state index in [-0.39, 0.29) is 18.3 Å². The largest absolute Gasteiger partial charge is 0.530 e. The van der Waals surface area contributed by atoms with E-state index in [1.54, 1.807) is 5.70 Å². The Morgan fingerprint density at radius 2 is 0.833 bits per heavy atom. The van der Waals surface area contributed by atoms with Gasteiger partial charge in [-0.25, -0.2) is 0 Å². The van der Waals surface area contributed by atoms with Crippen LogP contribution in [0, 0.1) is 0 Å². The summed E-state index contributed by atoms with van der Waals surface area (Å²) in [4.78, 5) is 0. The van der Waals surface area contributed by atoms with Crippen LogP contribution in [0.15, 0.2) is 103 Å². The van der Waals surface area contributed by atoms with Crippen molar-refractivity contribution < 1.29 is 13.3 Å². The summed E-state index contributed by atoms with van der Waals surface area (Å²) in [7, 11) is -3.24. The predicted octanol–water partition coefficient (Wildman–Crippen LogP) is 6.98. The molecular weight excluding hydrogens is 388 g/mol. The van der Waals surface area contributed by atoms with Gasteiger partial charge in [-0.05, 0) is 43.2 Å². The van der Waals surface area contributed by atoms with Gasteiger partial charge in [-0.3, -0.25) is 0 Å². The first-order valence-electron chi connectivity index (χ1n) is 10.3. The maximum atomic E-state index is 6.53. The highest BCUT2D eigenvalue weighted by Crippen LogP contribution is 2.32. The average molecular weight is 419 g/mol. The van der Waals surface area contributed by atoms with Crippen molar-refractivity contribution in [1.29, 1.82) is 0 Å². The molecule has 30 heavy (non-hydrogen) atoms. The normalized spacial score (nSPS) is 16.2. The van der Waals surface area contributed by atoms with Gasteiger partial charge >= 0.3 is 8.80 Å². The molecule has 0 aliphatic rings. The van der Waals surface area contributed by atoms with E-state index in [2.05, 4.69) is 6.58 Å². The van der Waals surface area contributed by atoms with Gasteiger partial charge in [0.1, 0.15) is 0 Å². The summed E-state index contributed by atoms with van der Waals surface area (Å²) in [5.74, 6) is 0. The summed E-state index contributed by atoms with van der Waals surface area (Å²) >= 11 is 0. The Bertz CT molecular complexity index is 784. The van der Waals surface area contributed by atoms with E-state index in [4.69, 9.17) is 13.3 Å². The van der Waals surface area contributed by atoms with E-state index < -0.39 is 8.80 Å². The fraction of sp³-hybridized carbons (Fsp3) is 0.231. The second kappa shape index (κ2) is 10.5. The van der Waals surface area contributed by atoms with Crippen LogP contribution in [-0.4, -0.2) is 8.80 Å². The molecule has 3 nitrogen and oxygen atoms in total.